The lowest BCUT2D eigenvalue weighted by Gasteiger charge is -2.09. The number of aryl methyl sites for hydroxylation is 2. The minimum absolute atomic E-state index is 0.0434. The molecule has 94 valence electrons. The van der Waals surface area contributed by atoms with Gasteiger partial charge in [0.2, 0.25) is 0 Å². The van der Waals surface area contributed by atoms with Gasteiger partial charge in [0.25, 0.3) is 0 Å². The number of carbonyl (C=O) groups is 1. The third kappa shape index (κ3) is 2.60. The van der Waals surface area contributed by atoms with E-state index in [4.69, 9.17) is 0 Å². The summed E-state index contributed by atoms with van der Waals surface area (Å²) in [6.07, 6.45) is 3.41. The van der Waals surface area contributed by atoms with Crippen LogP contribution in [0.25, 0.3) is 0 Å². The predicted octanol–water partition coefficient (Wildman–Crippen LogP) is 1.61. The zero-order chi connectivity index (χ0) is 12.4. The van der Waals surface area contributed by atoms with E-state index in [-0.39, 0.29) is 11.8 Å². The Morgan fingerprint density at radius 3 is 2.94 bits per heavy atom. The maximum atomic E-state index is 12.1. The van der Waals surface area contributed by atoms with Gasteiger partial charge in [0.1, 0.15) is 0 Å². The number of Topliss-reactive ketones (excluding diaryl/α,β-unsaturated/α-hetero) is 1. The van der Waals surface area contributed by atoms with Crippen molar-refractivity contribution >= 4 is 21.7 Å². The molecule has 1 saturated heterocycles. The van der Waals surface area contributed by atoms with E-state index in [2.05, 4.69) is 33.3 Å². The Morgan fingerprint density at radius 1 is 1.65 bits per heavy atom. The van der Waals surface area contributed by atoms with Gasteiger partial charge in [-0.15, -0.1) is 0 Å². The number of halogens is 1. The second kappa shape index (κ2) is 5.31. The number of rotatable bonds is 4. The predicted molar refractivity (Wildman–Crippen MR) is 70.0 cm³/mol. The van der Waals surface area contributed by atoms with Gasteiger partial charge in [-0.05, 0) is 41.7 Å². The first kappa shape index (κ1) is 12.8. The fourth-order valence-electron chi connectivity index (χ4n) is 2.26. The summed E-state index contributed by atoms with van der Waals surface area (Å²) in [5.74, 6) is 0.272. The molecule has 2 heterocycles. The van der Waals surface area contributed by atoms with Crippen LogP contribution in [0.5, 0.6) is 0 Å². The van der Waals surface area contributed by atoms with Crippen molar-refractivity contribution in [3.05, 3.63) is 15.9 Å². The SMILES string of the molecule is CCc1nn(C)c(CC(=O)C2CCCN2)c1Br. The molecule has 0 radical (unpaired) electrons. The second-order valence-corrected chi connectivity index (χ2v) is 5.27. The average molecular weight is 300 g/mol. The molecule has 0 amide bonds. The van der Waals surface area contributed by atoms with Gasteiger partial charge < -0.3 is 5.32 Å². The van der Waals surface area contributed by atoms with Gasteiger partial charge in [0, 0.05) is 7.05 Å². The van der Waals surface area contributed by atoms with Crippen LogP contribution in [0, 0.1) is 0 Å². The molecule has 17 heavy (non-hydrogen) atoms. The fourth-order valence-corrected chi connectivity index (χ4v) is 3.02. The van der Waals surface area contributed by atoms with Gasteiger partial charge >= 0.3 is 0 Å². The van der Waals surface area contributed by atoms with E-state index >= 15 is 0 Å². The van der Waals surface area contributed by atoms with Crippen molar-refractivity contribution in [1.82, 2.24) is 15.1 Å². The minimum atomic E-state index is 0.0434. The number of carbonyl (C=O) groups excluding carboxylic acids is 1. The van der Waals surface area contributed by atoms with Crippen LogP contribution in [0.15, 0.2) is 4.47 Å². The molecule has 1 atom stereocenters. The Balaban J connectivity index is 2.12. The molecule has 1 unspecified atom stereocenters. The van der Waals surface area contributed by atoms with Crippen LogP contribution < -0.4 is 5.32 Å². The van der Waals surface area contributed by atoms with Gasteiger partial charge in [0.05, 0.1) is 28.3 Å². The second-order valence-electron chi connectivity index (χ2n) is 4.48. The number of ketones is 1. The average Bonchev–Trinajstić information content (AvgIpc) is 2.92. The molecule has 4 nitrogen and oxygen atoms in total. The molecular weight excluding hydrogens is 282 g/mol. The zero-order valence-corrected chi connectivity index (χ0v) is 11.9. The summed E-state index contributed by atoms with van der Waals surface area (Å²) < 4.78 is 2.81. The highest BCUT2D eigenvalue weighted by Gasteiger charge is 2.24. The summed E-state index contributed by atoms with van der Waals surface area (Å²) in [4.78, 5) is 12.1. The van der Waals surface area contributed by atoms with Crippen molar-refractivity contribution in [3.8, 4) is 0 Å². The molecule has 1 N–H and O–H groups in total. The molecule has 0 aromatic carbocycles. The van der Waals surface area contributed by atoms with E-state index in [1.165, 1.54) is 0 Å². The lowest BCUT2D eigenvalue weighted by molar-refractivity contribution is -0.120. The first-order valence-corrected chi connectivity index (χ1v) is 6.89. The molecule has 0 saturated carbocycles. The molecule has 2 rings (SSSR count). The topological polar surface area (TPSA) is 46.9 Å². The Bertz CT molecular complexity index is 422. The lowest BCUT2D eigenvalue weighted by Crippen LogP contribution is -2.32. The summed E-state index contributed by atoms with van der Waals surface area (Å²) >= 11 is 3.54. The van der Waals surface area contributed by atoms with Crippen molar-refractivity contribution in [2.75, 3.05) is 6.54 Å². The van der Waals surface area contributed by atoms with Crippen LogP contribution >= 0.6 is 15.9 Å². The third-order valence-corrected chi connectivity index (χ3v) is 4.21. The van der Waals surface area contributed by atoms with E-state index in [1.54, 1.807) is 0 Å². The standard InChI is InChI=1S/C12H18BrN3O/c1-3-8-12(13)10(16(2)15-8)7-11(17)9-5-4-6-14-9/h9,14H,3-7H2,1-2H3. The fraction of sp³-hybridized carbons (Fsp3) is 0.667. The summed E-state index contributed by atoms with van der Waals surface area (Å²) in [5, 5.41) is 7.65. The van der Waals surface area contributed by atoms with Crippen molar-refractivity contribution < 1.29 is 4.79 Å². The van der Waals surface area contributed by atoms with E-state index in [1.807, 2.05) is 11.7 Å². The molecule has 0 aliphatic carbocycles. The Hall–Kier alpha value is -0.680. The van der Waals surface area contributed by atoms with Crippen LogP contribution in [0.3, 0.4) is 0 Å². The summed E-state index contributed by atoms with van der Waals surface area (Å²) in [7, 11) is 1.90. The molecule has 1 aromatic rings. The van der Waals surface area contributed by atoms with E-state index in [9.17, 15) is 4.79 Å². The Kier molecular flexibility index (Phi) is 3.99. The summed E-state index contributed by atoms with van der Waals surface area (Å²) in [6.45, 7) is 3.03. The number of hydrogen-bond donors (Lipinski definition) is 1. The van der Waals surface area contributed by atoms with Gasteiger partial charge in [-0.2, -0.15) is 5.10 Å². The first-order chi connectivity index (χ1) is 8.13. The van der Waals surface area contributed by atoms with Crippen LogP contribution in [0.1, 0.15) is 31.2 Å². The summed E-state index contributed by atoms with van der Waals surface area (Å²) in [6, 6.07) is 0.0434. The minimum Gasteiger partial charge on any atom is -0.307 e. The monoisotopic (exact) mass is 299 g/mol. The zero-order valence-electron chi connectivity index (χ0n) is 10.3. The molecule has 0 bridgehead atoms. The molecule has 1 aromatic heterocycles. The van der Waals surface area contributed by atoms with Gasteiger partial charge in [-0.25, -0.2) is 0 Å². The normalized spacial score (nSPS) is 19.8. The van der Waals surface area contributed by atoms with Crippen LogP contribution in [-0.4, -0.2) is 28.2 Å². The van der Waals surface area contributed by atoms with Crippen LogP contribution in [0.2, 0.25) is 0 Å². The smallest absolute Gasteiger partial charge is 0.155 e. The Labute approximate surface area is 110 Å². The maximum Gasteiger partial charge on any atom is 0.155 e. The van der Waals surface area contributed by atoms with E-state index in [0.29, 0.717) is 6.42 Å². The third-order valence-electron chi connectivity index (χ3n) is 3.29. The van der Waals surface area contributed by atoms with Crippen LogP contribution in [-0.2, 0) is 24.7 Å². The Morgan fingerprint density at radius 2 is 2.41 bits per heavy atom. The molecule has 0 spiro atoms. The number of nitrogens with one attached hydrogen (secondary N) is 1. The molecular formula is C12H18BrN3O. The quantitative estimate of drug-likeness (QED) is 0.919. The van der Waals surface area contributed by atoms with Crippen molar-refractivity contribution in [2.24, 2.45) is 7.05 Å². The van der Waals surface area contributed by atoms with Gasteiger partial charge in [-0.1, -0.05) is 6.92 Å². The van der Waals surface area contributed by atoms with E-state index in [0.717, 1.165) is 41.7 Å². The lowest BCUT2D eigenvalue weighted by atomic mass is 10.1. The van der Waals surface area contributed by atoms with Crippen LogP contribution in [0.4, 0.5) is 0 Å². The molecule has 1 aliphatic heterocycles. The number of nitrogens with zero attached hydrogens (tertiary/aromatic N) is 2. The van der Waals surface area contributed by atoms with Crippen molar-refractivity contribution in [2.45, 2.75) is 38.6 Å². The van der Waals surface area contributed by atoms with Gasteiger partial charge in [-0.3, -0.25) is 9.48 Å². The highest BCUT2D eigenvalue weighted by Crippen LogP contribution is 2.23. The summed E-state index contributed by atoms with van der Waals surface area (Å²) in [5.41, 5.74) is 2.01. The highest BCUT2D eigenvalue weighted by molar-refractivity contribution is 9.10. The first-order valence-electron chi connectivity index (χ1n) is 6.09. The van der Waals surface area contributed by atoms with E-state index < -0.39 is 0 Å². The molecule has 1 aliphatic rings. The number of hydrogen-bond acceptors (Lipinski definition) is 3. The maximum absolute atomic E-state index is 12.1. The molecule has 1 fully saturated rings. The number of aromatic nitrogens is 2. The van der Waals surface area contributed by atoms with Gasteiger partial charge in [0.15, 0.2) is 5.78 Å². The molecule has 5 heteroatoms. The highest BCUT2D eigenvalue weighted by atomic mass is 79.9. The van der Waals surface area contributed by atoms with Crippen molar-refractivity contribution in [3.63, 3.8) is 0 Å². The largest absolute Gasteiger partial charge is 0.307 e. The van der Waals surface area contributed by atoms with Crippen molar-refractivity contribution in [1.29, 1.82) is 0 Å².